The van der Waals surface area contributed by atoms with E-state index in [4.69, 9.17) is 9.11 Å². The van der Waals surface area contributed by atoms with Gasteiger partial charge in [-0.25, -0.2) is 0 Å². The average molecular weight is 544 g/mol. The van der Waals surface area contributed by atoms with Crippen molar-refractivity contribution < 1.29 is 113 Å². The Kier molecular flexibility index (Phi) is 15.0. The van der Waals surface area contributed by atoms with E-state index in [0.717, 1.165) is 12.1 Å². The topological polar surface area (TPSA) is 207 Å². The van der Waals surface area contributed by atoms with E-state index in [1.165, 1.54) is 24.3 Å². The summed E-state index contributed by atoms with van der Waals surface area (Å²) in [6.45, 7) is 0. The third-order valence-corrected chi connectivity index (χ3v) is 4.57. The molecule has 0 saturated carbocycles. The fraction of sp³-hybridized carbons (Fsp3) is 0. The van der Waals surface area contributed by atoms with Crippen LogP contribution in [0.15, 0.2) is 36.4 Å². The number of hydrogen-bond donors (Lipinski definition) is 2. The summed E-state index contributed by atoms with van der Waals surface area (Å²) in [4.78, 5) is 21.2. The molecule has 0 amide bonds. The van der Waals surface area contributed by atoms with Crippen LogP contribution in [0.3, 0.4) is 0 Å². The number of carbonyl (C=O) groups is 2. The summed E-state index contributed by atoms with van der Waals surface area (Å²) in [7, 11) is -5.37. The van der Waals surface area contributed by atoms with Crippen LogP contribution < -0.4 is 88.3 Å². The molecule has 2 aromatic carbocycles. The van der Waals surface area contributed by atoms with E-state index in [9.17, 15) is 36.6 Å². The van der Waals surface area contributed by atoms with Gasteiger partial charge in [0.15, 0.2) is 11.5 Å². The van der Waals surface area contributed by atoms with Crippen LogP contribution in [0.2, 0.25) is 0 Å². The second-order valence-electron chi connectivity index (χ2n) is 5.04. The summed E-state index contributed by atoms with van der Waals surface area (Å²) >= 11 is 0. The number of para-hydroxylation sites is 2. The standard InChI is InChI=1S/2C7H7O6PS.2Na/c2*8-7(9)4-2-1-3-5(14)6(4)13-15(10,11)12;;/h2*1-3H,14H2,(H,8,9)(H,10,11,12);;/q;;2*+1/p-2. The van der Waals surface area contributed by atoms with Crippen LogP contribution in [0, 0.1) is 0 Å². The molecule has 32 heavy (non-hydrogen) atoms. The monoisotopic (exact) mass is 544 g/mol. The Labute approximate surface area is 232 Å². The van der Waals surface area contributed by atoms with Crippen molar-refractivity contribution in [2.24, 2.45) is 0 Å². The van der Waals surface area contributed by atoms with E-state index >= 15 is 0 Å². The van der Waals surface area contributed by atoms with Crippen molar-refractivity contribution in [2.45, 2.75) is 0 Å². The number of carbonyl (C=O) groups excluding carboxylic acids is 2. The Morgan fingerprint density at radius 3 is 1.22 bits per heavy atom. The molecule has 12 nitrogen and oxygen atoms in total. The zero-order valence-corrected chi connectivity index (χ0v) is 24.4. The van der Waals surface area contributed by atoms with Gasteiger partial charge in [0, 0.05) is 21.7 Å². The van der Waals surface area contributed by atoms with Crippen molar-refractivity contribution in [3.8, 4) is 11.5 Å². The molecule has 164 valence electrons. The van der Waals surface area contributed by atoms with Gasteiger partial charge in [0.1, 0.15) is 0 Å². The largest absolute Gasteiger partial charge is 1.00 e. The van der Waals surface area contributed by atoms with Gasteiger partial charge in [0.2, 0.25) is 0 Å². The first-order valence-corrected chi connectivity index (χ1v) is 11.0. The molecule has 2 unspecified atom stereocenters. The molecule has 0 aromatic heterocycles. The summed E-state index contributed by atoms with van der Waals surface area (Å²) in [5.41, 5.74) is -0.916. The Balaban J connectivity index is 0. The van der Waals surface area contributed by atoms with Crippen LogP contribution in [0.1, 0.15) is 20.7 Å². The van der Waals surface area contributed by atoms with Crippen molar-refractivity contribution in [1.82, 2.24) is 0 Å². The van der Waals surface area contributed by atoms with Crippen LogP contribution in [0.4, 0.5) is 0 Å². The first kappa shape index (κ1) is 33.8. The van der Waals surface area contributed by atoms with Crippen molar-refractivity contribution in [1.29, 1.82) is 0 Å². The van der Waals surface area contributed by atoms with Gasteiger partial charge in [-0.1, -0.05) is 24.3 Å². The normalized spacial score (nSPS) is 10.4. The molecule has 0 aliphatic heterocycles. The Morgan fingerprint density at radius 1 is 0.719 bits per heavy atom. The molecular formula is C14H12Na2O12P2S2. The van der Waals surface area contributed by atoms with Gasteiger partial charge in [0.25, 0.3) is 0 Å². The maximum absolute atomic E-state index is 10.6. The van der Waals surface area contributed by atoms with Crippen molar-refractivity contribution in [3.05, 3.63) is 47.5 Å². The van der Waals surface area contributed by atoms with Crippen molar-refractivity contribution in [3.63, 3.8) is 0 Å². The Bertz CT molecular complexity index is 1090. The number of aromatic carboxylic acids is 2. The van der Waals surface area contributed by atoms with Gasteiger partial charge in [-0.2, -0.15) is 16.8 Å². The van der Waals surface area contributed by atoms with Gasteiger partial charge in [-0.05, 0) is 12.1 Å². The molecular weight excluding hydrogens is 532 g/mol. The Morgan fingerprint density at radius 2 is 1.00 bits per heavy atom. The van der Waals surface area contributed by atoms with Crippen LogP contribution in [0.25, 0.3) is 0 Å². The van der Waals surface area contributed by atoms with Crippen LogP contribution in [-0.2, 0) is 20.8 Å². The van der Waals surface area contributed by atoms with E-state index in [2.05, 4.69) is 26.8 Å². The number of rotatable bonds is 6. The van der Waals surface area contributed by atoms with E-state index < -0.39 is 55.4 Å². The summed E-state index contributed by atoms with van der Waals surface area (Å²) in [6.07, 6.45) is 0. The minimum atomic E-state index is -4.76. The first-order valence-electron chi connectivity index (χ1n) is 7.16. The molecule has 2 aromatic rings. The quantitative estimate of drug-likeness (QED) is 0.198. The second kappa shape index (κ2) is 14.1. The molecule has 2 atom stereocenters. The third kappa shape index (κ3) is 11.7. The molecule has 0 aliphatic carbocycles. The minimum absolute atomic E-state index is 0. The molecule has 0 fully saturated rings. The smallest absolute Gasteiger partial charge is 0.545 e. The maximum Gasteiger partial charge on any atom is 1.00 e. The summed E-state index contributed by atoms with van der Waals surface area (Å²) in [6, 6.07) is 7.76. The summed E-state index contributed by atoms with van der Waals surface area (Å²) < 4.78 is 66.8. The van der Waals surface area contributed by atoms with Gasteiger partial charge in [0.05, 0.1) is 11.9 Å². The summed E-state index contributed by atoms with van der Waals surface area (Å²) in [5, 5.41) is 21.5. The SMILES string of the molecule is O=C([O-])c1cccc(P)c1OS(=O)(=O)O.O=C([O-])c1cccc(P)c1OS(=O)(=O)O.[Na+].[Na+]. The molecule has 0 aliphatic rings. The van der Waals surface area contributed by atoms with Gasteiger partial charge in [-0.15, -0.1) is 18.5 Å². The Hall–Kier alpha value is -0.340. The predicted octanol–water partition coefficient (Wildman–Crippen LogP) is -8.53. The van der Waals surface area contributed by atoms with Crippen LogP contribution >= 0.6 is 18.5 Å². The molecule has 0 radical (unpaired) electrons. The van der Waals surface area contributed by atoms with E-state index in [1.807, 2.05) is 0 Å². The van der Waals surface area contributed by atoms with Gasteiger partial charge in [-0.3, -0.25) is 9.11 Å². The van der Waals surface area contributed by atoms with E-state index in [1.54, 1.807) is 0 Å². The van der Waals surface area contributed by atoms with E-state index in [-0.39, 0.29) is 69.7 Å². The number of carboxylic acids is 2. The van der Waals surface area contributed by atoms with Crippen LogP contribution in [-0.4, -0.2) is 37.9 Å². The van der Waals surface area contributed by atoms with E-state index in [0.29, 0.717) is 0 Å². The predicted molar refractivity (Wildman–Crippen MR) is 105 cm³/mol. The molecule has 18 heteroatoms. The molecule has 0 bridgehead atoms. The number of benzene rings is 2. The molecule has 2 N–H and O–H groups in total. The van der Waals surface area contributed by atoms with Gasteiger partial charge >= 0.3 is 79.9 Å². The summed E-state index contributed by atoms with van der Waals surface area (Å²) in [5.74, 6) is -4.16. The molecule has 0 heterocycles. The van der Waals surface area contributed by atoms with Crippen molar-refractivity contribution in [2.75, 3.05) is 0 Å². The average Bonchev–Trinajstić information content (AvgIpc) is 2.56. The maximum atomic E-state index is 10.6. The molecule has 0 spiro atoms. The molecule has 0 saturated heterocycles. The zero-order chi connectivity index (χ0) is 23.3. The van der Waals surface area contributed by atoms with Gasteiger partial charge < -0.3 is 28.2 Å². The fourth-order valence-electron chi connectivity index (χ4n) is 1.83. The minimum Gasteiger partial charge on any atom is -0.545 e. The molecule has 2 rings (SSSR count). The second-order valence-corrected chi connectivity index (χ2v) is 8.33. The number of carboxylic acid groups (broad SMARTS) is 2. The van der Waals surface area contributed by atoms with Crippen LogP contribution in [0.5, 0.6) is 11.5 Å². The zero-order valence-electron chi connectivity index (χ0n) is 16.4. The number of hydrogen-bond acceptors (Lipinski definition) is 10. The first-order chi connectivity index (χ1) is 13.6. The third-order valence-electron chi connectivity index (χ3n) is 2.91. The fourth-order valence-corrected chi connectivity index (χ4v) is 3.44. The van der Waals surface area contributed by atoms with Crippen molar-refractivity contribution >= 4 is 61.8 Å².